The maximum Gasteiger partial charge on any atom is 0.249 e. The molecule has 0 radical (unpaired) electrons. The van der Waals surface area contributed by atoms with Crippen molar-refractivity contribution in [1.82, 2.24) is 15.5 Å². The Labute approximate surface area is 155 Å². The molecule has 0 saturated carbocycles. The molecule has 0 bridgehead atoms. The van der Waals surface area contributed by atoms with Crippen LogP contribution in [-0.2, 0) is 9.59 Å². The molecule has 1 unspecified atom stereocenters. The minimum atomic E-state index is -0.334. The van der Waals surface area contributed by atoms with Gasteiger partial charge in [0.05, 0.1) is 0 Å². The third kappa shape index (κ3) is 4.95. The summed E-state index contributed by atoms with van der Waals surface area (Å²) in [6.45, 7) is 9.56. The minimum Gasteiger partial charge on any atom is -0.374 e. The second-order valence-corrected chi connectivity index (χ2v) is 6.88. The van der Waals surface area contributed by atoms with Crippen LogP contribution < -0.4 is 20.9 Å². The van der Waals surface area contributed by atoms with Gasteiger partial charge in [-0.25, -0.2) is 0 Å². The van der Waals surface area contributed by atoms with E-state index in [1.54, 1.807) is 0 Å². The summed E-state index contributed by atoms with van der Waals surface area (Å²) in [5, 5.41) is 8.97. The van der Waals surface area contributed by atoms with E-state index in [9.17, 15) is 9.59 Å². The third-order valence-electron chi connectivity index (χ3n) is 5.04. The SMILES string of the molecule is CCNCCN1CCN(c2ccc(NC3CCC(=O)NC3=O)cc2)CC1. The van der Waals surface area contributed by atoms with Gasteiger partial charge >= 0.3 is 0 Å². The molecule has 3 N–H and O–H groups in total. The Morgan fingerprint density at radius 1 is 1.12 bits per heavy atom. The number of nitrogens with zero attached hydrogens (tertiary/aromatic N) is 2. The van der Waals surface area contributed by atoms with Crippen LogP contribution in [-0.4, -0.2) is 68.6 Å². The summed E-state index contributed by atoms with van der Waals surface area (Å²) in [5.41, 5.74) is 2.12. The first-order chi connectivity index (χ1) is 12.7. The molecule has 7 nitrogen and oxygen atoms in total. The summed E-state index contributed by atoms with van der Waals surface area (Å²) in [7, 11) is 0. The van der Waals surface area contributed by atoms with Crippen molar-refractivity contribution in [3.05, 3.63) is 24.3 Å². The van der Waals surface area contributed by atoms with Crippen LogP contribution in [0.5, 0.6) is 0 Å². The highest BCUT2D eigenvalue weighted by atomic mass is 16.2. The zero-order chi connectivity index (χ0) is 18.4. The van der Waals surface area contributed by atoms with E-state index in [1.807, 2.05) is 12.1 Å². The molecule has 3 rings (SSSR count). The van der Waals surface area contributed by atoms with Gasteiger partial charge in [0.1, 0.15) is 6.04 Å². The van der Waals surface area contributed by atoms with E-state index in [2.05, 4.69) is 44.8 Å². The van der Waals surface area contributed by atoms with Gasteiger partial charge in [-0.15, -0.1) is 0 Å². The predicted octanol–water partition coefficient (Wildman–Crippen LogP) is 0.635. The highest BCUT2D eigenvalue weighted by molar-refractivity contribution is 6.01. The molecule has 2 amide bonds. The zero-order valence-corrected chi connectivity index (χ0v) is 15.5. The molecule has 7 heteroatoms. The molecule has 0 aliphatic carbocycles. The standard InChI is InChI=1S/C19H29N5O2/c1-2-20-9-10-23-11-13-24(14-12-23)16-5-3-15(4-6-16)21-17-7-8-18(25)22-19(17)26/h3-6,17,20-21H,2,7-14H2,1H3,(H,22,25,26). The van der Waals surface area contributed by atoms with E-state index in [0.717, 1.165) is 51.5 Å². The van der Waals surface area contributed by atoms with Crippen molar-refractivity contribution >= 4 is 23.2 Å². The van der Waals surface area contributed by atoms with E-state index in [-0.39, 0.29) is 17.9 Å². The summed E-state index contributed by atoms with van der Waals surface area (Å²) in [6.07, 6.45) is 0.931. The second kappa shape index (κ2) is 9.00. The number of likely N-dealkylation sites (N-methyl/N-ethyl adjacent to an activating group) is 1. The molecule has 2 fully saturated rings. The van der Waals surface area contributed by atoms with Crippen molar-refractivity contribution in [2.45, 2.75) is 25.8 Å². The molecule has 1 aromatic rings. The summed E-state index contributed by atoms with van der Waals surface area (Å²) in [5.74, 6) is -0.424. The molecule has 1 aromatic carbocycles. The number of carbonyl (C=O) groups excluding carboxylic acids is 2. The maximum atomic E-state index is 11.8. The van der Waals surface area contributed by atoms with Crippen LogP contribution in [0.4, 0.5) is 11.4 Å². The van der Waals surface area contributed by atoms with Crippen LogP contribution in [0.2, 0.25) is 0 Å². The number of hydrogen-bond acceptors (Lipinski definition) is 6. The number of benzene rings is 1. The van der Waals surface area contributed by atoms with Crippen LogP contribution in [0.3, 0.4) is 0 Å². The lowest BCUT2D eigenvalue weighted by molar-refractivity contribution is -0.133. The molecule has 0 aromatic heterocycles. The van der Waals surface area contributed by atoms with E-state index in [1.165, 1.54) is 5.69 Å². The molecule has 142 valence electrons. The molecule has 2 saturated heterocycles. The van der Waals surface area contributed by atoms with Crippen molar-refractivity contribution in [2.75, 3.05) is 56.0 Å². The second-order valence-electron chi connectivity index (χ2n) is 6.88. The molecule has 26 heavy (non-hydrogen) atoms. The molecule has 1 atom stereocenters. The number of piperazine rings is 1. The van der Waals surface area contributed by atoms with Crippen molar-refractivity contribution in [2.24, 2.45) is 0 Å². The number of amides is 2. The third-order valence-corrected chi connectivity index (χ3v) is 5.04. The first-order valence-electron chi connectivity index (χ1n) is 9.54. The number of carbonyl (C=O) groups is 2. The maximum absolute atomic E-state index is 11.8. The molecule has 2 aliphatic heterocycles. The largest absolute Gasteiger partial charge is 0.374 e. The summed E-state index contributed by atoms with van der Waals surface area (Å²) < 4.78 is 0. The monoisotopic (exact) mass is 359 g/mol. The van der Waals surface area contributed by atoms with Gasteiger partial charge in [0.15, 0.2) is 0 Å². The van der Waals surface area contributed by atoms with Crippen LogP contribution in [0.1, 0.15) is 19.8 Å². The van der Waals surface area contributed by atoms with E-state index in [4.69, 9.17) is 0 Å². The number of hydrogen-bond donors (Lipinski definition) is 3. The van der Waals surface area contributed by atoms with Gasteiger partial charge in [-0.1, -0.05) is 6.92 Å². The Morgan fingerprint density at radius 3 is 2.50 bits per heavy atom. The van der Waals surface area contributed by atoms with Crippen molar-refractivity contribution in [3.63, 3.8) is 0 Å². The van der Waals surface area contributed by atoms with Gasteiger partial charge in [0, 0.05) is 57.1 Å². The predicted molar refractivity (Wildman–Crippen MR) is 103 cm³/mol. The molecule has 2 heterocycles. The average molecular weight is 359 g/mol. The topological polar surface area (TPSA) is 76.7 Å². The Morgan fingerprint density at radius 2 is 1.85 bits per heavy atom. The van der Waals surface area contributed by atoms with Gasteiger partial charge in [-0.2, -0.15) is 0 Å². The van der Waals surface area contributed by atoms with Gasteiger partial charge < -0.3 is 15.5 Å². The minimum absolute atomic E-state index is 0.187. The quantitative estimate of drug-likeness (QED) is 0.490. The first kappa shape index (κ1) is 18.7. The van der Waals surface area contributed by atoms with Gasteiger partial charge in [-0.3, -0.25) is 19.8 Å². The molecule has 2 aliphatic rings. The van der Waals surface area contributed by atoms with Crippen molar-refractivity contribution in [3.8, 4) is 0 Å². The number of piperidine rings is 1. The lowest BCUT2D eigenvalue weighted by Gasteiger charge is -2.36. The Kier molecular flexibility index (Phi) is 6.46. The average Bonchev–Trinajstić information content (AvgIpc) is 2.65. The van der Waals surface area contributed by atoms with Crippen LogP contribution in [0.15, 0.2) is 24.3 Å². The van der Waals surface area contributed by atoms with Crippen LogP contribution in [0, 0.1) is 0 Å². The fourth-order valence-electron chi connectivity index (χ4n) is 3.44. The van der Waals surface area contributed by atoms with E-state index >= 15 is 0 Å². The smallest absolute Gasteiger partial charge is 0.249 e. The number of imide groups is 1. The Hall–Kier alpha value is -2.12. The molecule has 0 spiro atoms. The zero-order valence-electron chi connectivity index (χ0n) is 15.5. The number of nitrogens with one attached hydrogen (secondary N) is 3. The number of anilines is 2. The lowest BCUT2D eigenvalue weighted by atomic mass is 10.1. The highest BCUT2D eigenvalue weighted by Gasteiger charge is 2.26. The lowest BCUT2D eigenvalue weighted by Crippen LogP contribution is -2.48. The highest BCUT2D eigenvalue weighted by Crippen LogP contribution is 2.21. The summed E-state index contributed by atoms with van der Waals surface area (Å²) >= 11 is 0. The molecular weight excluding hydrogens is 330 g/mol. The van der Waals surface area contributed by atoms with Crippen LogP contribution in [0.25, 0.3) is 0 Å². The number of rotatable bonds is 7. The van der Waals surface area contributed by atoms with Gasteiger partial charge in [0.25, 0.3) is 0 Å². The van der Waals surface area contributed by atoms with Crippen molar-refractivity contribution in [1.29, 1.82) is 0 Å². The Bertz CT molecular complexity index is 611. The van der Waals surface area contributed by atoms with Crippen LogP contribution >= 0.6 is 0 Å². The van der Waals surface area contributed by atoms with Gasteiger partial charge in [-0.05, 0) is 37.2 Å². The first-order valence-corrected chi connectivity index (χ1v) is 9.54. The van der Waals surface area contributed by atoms with Gasteiger partial charge in [0.2, 0.25) is 11.8 Å². The van der Waals surface area contributed by atoms with E-state index in [0.29, 0.717) is 12.8 Å². The Balaban J connectivity index is 1.47. The van der Waals surface area contributed by atoms with Crippen molar-refractivity contribution < 1.29 is 9.59 Å². The molecular formula is C19H29N5O2. The fourth-order valence-corrected chi connectivity index (χ4v) is 3.44. The summed E-state index contributed by atoms with van der Waals surface area (Å²) in [6, 6.07) is 7.89. The summed E-state index contributed by atoms with van der Waals surface area (Å²) in [4.78, 5) is 28.0. The normalized spacial score (nSPS) is 21.6. The fraction of sp³-hybridized carbons (Fsp3) is 0.579. The van der Waals surface area contributed by atoms with E-state index < -0.39 is 0 Å².